The molecule has 0 aliphatic heterocycles. The van der Waals surface area contributed by atoms with Gasteiger partial charge in [0.2, 0.25) is 0 Å². The number of hydrogen-bond donors (Lipinski definition) is 0. The molecule has 1 fully saturated rings. The molecule has 2 aromatic carbocycles. The number of carbonyl (C=O) groups excluding carboxylic acids is 1. The van der Waals surface area contributed by atoms with Crippen LogP contribution in [0.4, 0.5) is 0 Å². The zero-order valence-electron chi connectivity index (χ0n) is 13.7. The molecule has 0 radical (unpaired) electrons. The first kappa shape index (κ1) is 17.1. The summed E-state index contributed by atoms with van der Waals surface area (Å²) in [6.45, 7) is 0. The maximum absolute atomic E-state index is 12.4. The van der Waals surface area contributed by atoms with E-state index < -0.39 is 0 Å². The van der Waals surface area contributed by atoms with Crippen molar-refractivity contribution in [2.45, 2.75) is 38.0 Å². The van der Waals surface area contributed by atoms with Gasteiger partial charge in [0.1, 0.15) is 0 Å². The molecule has 1 aliphatic carbocycles. The van der Waals surface area contributed by atoms with Crippen LogP contribution in [0.2, 0.25) is 0 Å². The van der Waals surface area contributed by atoms with Crippen molar-refractivity contribution >= 4 is 22.6 Å². The van der Waals surface area contributed by atoms with Gasteiger partial charge in [0.15, 0.2) is 0 Å². The first-order valence-corrected chi connectivity index (χ1v) is 8.98. The first-order chi connectivity index (χ1) is 11.8. The second-order valence-electron chi connectivity index (χ2n) is 6.30. The number of ether oxygens (including phenoxy) is 1. The van der Waals surface area contributed by atoms with Crippen LogP contribution in [0.25, 0.3) is 0 Å². The minimum atomic E-state index is -0.220. The van der Waals surface area contributed by atoms with Crippen LogP contribution in [0.3, 0.4) is 0 Å². The molecule has 1 saturated carbocycles. The molecule has 0 aromatic heterocycles. The standard InChI is InChI=1S/C20H22O3.Al/c21-20(22)19(15-8-3-1-4-9-15)16-10-7-13-18(14-16)23-17-11-5-2-6-12-17;/h2,5-7,10-15,19H,1,3-4,8-9H2,(H,21,22);/q;+3/p-1. The summed E-state index contributed by atoms with van der Waals surface area (Å²) in [5, 5.41) is 0. The zero-order valence-corrected chi connectivity index (χ0v) is 14.8. The summed E-state index contributed by atoms with van der Waals surface area (Å²) >= 11 is 2.10. The average molecular weight is 336 g/mol. The number of hydrogen-bond acceptors (Lipinski definition) is 3. The van der Waals surface area contributed by atoms with E-state index in [2.05, 4.69) is 16.6 Å². The Morgan fingerprint density at radius 1 is 0.958 bits per heavy atom. The fourth-order valence-electron chi connectivity index (χ4n) is 3.54. The van der Waals surface area contributed by atoms with Crippen LogP contribution in [0.1, 0.15) is 43.6 Å². The molecule has 0 amide bonds. The van der Waals surface area contributed by atoms with Crippen molar-refractivity contribution in [2.75, 3.05) is 0 Å². The molecule has 4 heteroatoms. The van der Waals surface area contributed by atoms with Crippen LogP contribution in [0.15, 0.2) is 54.6 Å². The van der Waals surface area contributed by atoms with Crippen LogP contribution in [-0.4, -0.2) is 22.6 Å². The van der Waals surface area contributed by atoms with Crippen molar-refractivity contribution in [3.05, 3.63) is 60.2 Å². The Bertz CT molecular complexity index is 666. The van der Waals surface area contributed by atoms with E-state index in [1.54, 1.807) is 0 Å². The third kappa shape index (κ3) is 4.20. The zero-order chi connectivity index (χ0) is 16.8. The van der Waals surface area contributed by atoms with Gasteiger partial charge in [-0.2, -0.15) is 0 Å². The summed E-state index contributed by atoms with van der Waals surface area (Å²) in [6, 6.07) is 17.5. The van der Waals surface area contributed by atoms with Crippen LogP contribution in [0.5, 0.6) is 11.5 Å². The fourth-order valence-corrected chi connectivity index (χ4v) is 3.68. The second-order valence-corrected chi connectivity index (χ2v) is 6.54. The Balaban J connectivity index is 1.84. The SMILES string of the molecule is O=C([O][Al+2])C(c1cccc(Oc2ccccc2)c1)C1CCCCC1. The molecule has 0 heterocycles. The van der Waals surface area contributed by atoms with E-state index in [0.29, 0.717) is 5.92 Å². The molecule has 3 rings (SSSR count). The molecule has 120 valence electrons. The summed E-state index contributed by atoms with van der Waals surface area (Å²) in [5.41, 5.74) is 0.975. The van der Waals surface area contributed by atoms with E-state index in [1.807, 2.05) is 54.6 Å². The molecule has 2 aromatic rings. The molecule has 0 saturated heterocycles. The second kappa shape index (κ2) is 8.37. The summed E-state index contributed by atoms with van der Waals surface area (Å²) in [7, 11) is 0. The predicted molar refractivity (Wildman–Crippen MR) is 94.1 cm³/mol. The molecular formula is C20H21AlO3+2. The van der Waals surface area contributed by atoms with Crippen LogP contribution < -0.4 is 4.74 Å². The van der Waals surface area contributed by atoms with Crippen molar-refractivity contribution in [1.82, 2.24) is 0 Å². The van der Waals surface area contributed by atoms with Crippen molar-refractivity contribution in [2.24, 2.45) is 5.92 Å². The number of benzene rings is 2. The molecule has 1 unspecified atom stereocenters. The number of carbonyl (C=O) groups is 1. The summed E-state index contributed by atoms with van der Waals surface area (Å²) in [6.07, 6.45) is 5.79. The van der Waals surface area contributed by atoms with Gasteiger partial charge in [-0.15, -0.1) is 0 Å². The Morgan fingerprint density at radius 2 is 1.67 bits per heavy atom. The molecule has 3 nitrogen and oxygen atoms in total. The van der Waals surface area contributed by atoms with Gasteiger partial charge in [-0.25, -0.2) is 0 Å². The van der Waals surface area contributed by atoms with E-state index in [9.17, 15) is 4.79 Å². The van der Waals surface area contributed by atoms with Crippen molar-refractivity contribution < 1.29 is 13.3 Å². The molecule has 0 bridgehead atoms. The van der Waals surface area contributed by atoms with Crippen LogP contribution in [-0.2, 0) is 8.58 Å². The van der Waals surface area contributed by atoms with Gasteiger partial charge in [0.05, 0.1) is 0 Å². The number of rotatable bonds is 5. The fraction of sp³-hybridized carbons (Fsp3) is 0.350. The van der Waals surface area contributed by atoms with E-state index in [0.717, 1.165) is 29.9 Å². The molecule has 0 spiro atoms. The third-order valence-electron chi connectivity index (χ3n) is 4.69. The summed E-state index contributed by atoms with van der Waals surface area (Å²) < 4.78 is 10.9. The van der Waals surface area contributed by atoms with E-state index in [4.69, 9.17) is 8.53 Å². The molecule has 1 atom stereocenters. The van der Waals surface area contributed by atoms with E-state index >= 15 is 0 Å². The quantitative estimate of drug-likeness (QED) is 0.738. The Hall–Kier alpha value is -1.76. The molecule has 1 aliphatic rings. The molecule has 0 N–H and O–H groups in total. The maximum atomic E-state index is 12.4. The Morgan fingerprint density at radius 3 is 2.38 bits per heavy atom. The number of para-hydroxylation sites is 1. The van der Waals surface area contributed by atoms with E-state index in [-0.39, 0.29) is 11.9 Å². The van der Waals surface area contributed by atoms with Gasteiger partial charge >= 0.3 is 152 Å². The monoisotopic (exact) mass is 336 g/mol. The van der Waals surface area contributed by atoms with Crippen LogP contribution >= 0.6 is 0 Å². The van der Waals surface area contributed by atoms with Gasteiger partial charge < -0.3 is 0 Å². The minimum absolute atomic E-state index is 0.177. The Labute approximate surface area is 151 Å². The Kier molecular flexibility index (Phi) is 5.96. The van der Waals surface area contributed by atoms with Crippen LogP contribution in [0, 0.1) is 5.92 Å². The normalized spacial score (nSPS) is 16.4. The third-order valence-corrected chi connectivity index (χ3v) is 4.92. The summed E-state index contributed by atoms with van der Waals surface area (Å²) in [5.74, 6) is 1.48. The van der Waals surface area contributed by atoms with Gasteiger partial charge in [-0.05, 0) is 0 Å². The van der Waals surface area contributed by atoms with Gasteiger partial charge in [0, 0.05) is 0 Å². The average Bonchev–Trinajstić information content (AvgIpc) is 2.64. The van der Waals surface area contributed by atoms with Crippen molar-refractivity contribution in [3.8, 4) is 11.5 Å². The predicted octanol–water partition coefficient (Wildman–Crippen LogP) is 4.77. The van der Waals surface area contributed by atoms with Crippen molar-refractivity contribution in [1.29, 1.82) is 0 Å². The van der Waals surface area contributed by atoms with Gasteiger partial charge in [-0.1, -0.05) is 0 Å². The van der Waals surface area contributed by atoms with E-state index in [1.165, 1.54) is 19.3 Å². The molecule has 24 heavy (non-hydrogen) atoms. The van der Waals surface area contributed by atoms with Gasteiger partial charge in [0.25, 0.3) is 0 Å². The topological polar surface area (TPSA) is 35.5 Å². The first-order valence-electron chi connectivity index (χ1n) is 8.51. The van der Waals surface area contributed by atoms with Crippen molar-refractivity contribution in [3.63, 3.8) is 0 Å². The molecular weight excluding hydrogens is 315 g/mol. The summed E-state index contributed by atoms with van der Waals surface area (Å²) in [4.78, 5) is 12.4. The van der Waals surface area contributed by atoms with Gasteiger partial charge in [-0.3, -0.25) is 0 Å².